The molecule has 2 saturated heterocycles. The van der Waals surface area contributed by atoms with Gasteiger partial charge >= 0.3 is 12.2 Å². The van der Waals surface area contributed by atoms with Crippen LogP contribution in [0.5, 0.6) is 0 Å². The number of nitrogens with one attached hydrogen (secondary N) is 3. The van der Waals surface area contributed by atoms with Gasteiger partial charge in [-0.25, -0.2) is 14.0 Å². The van der Waals surface area contributed by atoms with Crippen molar-refractivity contribution in [2.24, 2.45) is 5.41 Å². The number of rotatable bonds is 14. The number of halogens is 1. The van der Waals surface area contributed by atoms with E-state index in [4.69, 9.17) is 9.47 Å². The van der Waals surface area contributed by atoms with Gasteiger partial charge in [-0.1, -0.05) is 75.4 Å². The van der Waals surface area contributed by atoms with Crippen molar-refractivity contribution in [3.63, 3.8) is 0 Å². The number of carbonyl (C=O) groups is 7. The second kappa shape index (κ2) is 25.5. The molecule has 9 rings (SSSR count). The average molecular weight is 1180 g/mol. The number of amides is 7. The number of fused-ring (bicyclic) bond motifs is 3. The van der Waals surface area contributed by atoms with Crippen molar-refractivity contribution in [2.75, 3.05) is 69.7 Å². The van der Waals surface area contributed by atoms with Gasteiger partial charge in [0, 0.05) is 82.2 Å². The Kier molecular flexibility index (Phi) is 18.7. The van der Waals surface area contributed by atoms with Crippen molar-refractivity contribution in [1.29, 1.82) is 0 Å². The lowest BCUT2D eigenvalue weighted by atomic mass is 9.82. The zero-order valence-electron chi connectivity index (χ0n) is 51.7. The fourth-order valence-corrected chi connectivity index (χ4v) is 12.7. The highest BCUT2D eigenvalue weighted by Crippen LogP contribution is 2.43. The highest BCUT2D eigenvalue weighted by atomic mass is 19.1. The molecular weight excluding hydrogens is 1100 g/mol. The van der Waals surface area contributed by atoms with Crippen LogP contribution in [0.25, 0.3) is 0 Å². The second-order valence-electron chi connectivity index (χ2n) is 26.6. The number of morpholine rings is 1. The topological polar surface area (TPSA) is 214 Å². The fourth-order valence-electron chi connectivity index (χ4n) is 12.7. The number of hydrogen-bond donors (Lipinski definition) is 4. The van der Waals surface area contributed by atoms with Gasteiger partial charge in [0.1, 0.15) is 29.5 Å². The minimum Gasteiger partial charge on any atom is -0.465 e. The molecule has 4 N–H and O–H groups in total. The van der Waals surface area contributed by atoms with Crippen LogP contribution in [-0.2, 0) is 64.7 Å². The number of piperazine rings is 1. The van der Waals surface area contributed by atoms with Crippen molar-refractivity contribution in [2.45, 2.75) is 161 Å². The Bertz CT molecular complexity index is 3220. The van der Waals surface area contributed by atoms with Gasteiger partial charge in [-0.05, 0) is 149 Å². The molecule has 0 radical (unpaired) electrons. The first-order valence-corrected chi connectivity index (χ1v) is 30.2. The van der Waals surface area contributed by atoms with Gasteiger partial charge in [-0.15, -0.1) is 0 Å². The fraction of sp³-hybridized carbons (Fsp3) is 0.530. The van der Waals surface area contributed by atoms with Gasteiger partial charge in [-0.3, -0.25) is 38.7 Å². The van der Waals surface area contributed by atoms with Gasteiger partial charge < -0.3 is 45.2 Å². The molecule has 8 atom stereocenters. The van der Waals surface area contributed by atoms with Crippen molar-refractivity contribution in [1.82, 2.24) is 35.1 Å². The summed E-state index contributed by atoms with van der Waals surface area (Å²) in [6, 6.07) is 21.4. The number of ether oxygens (including phenoxy) is 2. The number of benzene rings is 4. The first-order valence-electron chi connectivity index (χ1n) is 30.2. The van der Waals surface area contributed by atoms with Gasteiger partial charge in [0.2, 0.25) is 29.5 Å². The predicted octanol–water partition coefficient (Wildman–Crippen LogP) is 7.67. The van der Waals surface area contributed by atoms with E-state index in [0.717, 1.165) is 47.1 Å². The minimum absolute atomic E-state index is 0.00954. The molecule has 1 aliphatic carbocycles. The van der Waals surface area contributed by atoms with Crippen LogP contribution in [-0.4, -0.2) is 173 Å². The van der Waals surface area contributed by atoms with Crippen LogP contribution < -0.4 is 20.9 Å². The summed E-state index contributed by atoms with van der Waals surface area (Å²) in [6.45, 7) is 20.7. The molecule has 0 bridgehead atoms. The lowest BCUT2D eigenvalue weighted by Gasteiger charge is -2.47. The number of nitrogens with zero attached hydrogens (tertiary/aromatic N) is 6. The Labute approximate surface area is 504 Å². The molecule has 4 aliphatic heterocycles. The van der Waals surface area contributed by atoms with Crippen molar-refractivity contribution in [3.8, 4) is 0 Å². The number of likely N-dealkylation sites (N-methyl/N-ethyl adjacent to an activating group) is 1. The molecule has 0 spiro atoms. The Balaban J connectivity index is 1.00. The maximum atomic E-state index is 15.4. The molecule has 5 aliphatic rings. The van der Waals surface area contributed by atoms with Gasteiger partial charge in [0.05, 0.1) is 31.2 Å². The van der Waals surface area contributed by atoms with E-state index in [2.05, 4.69) is 38.7 Å². The summed E-state index contributed by atoms with van der Waals surface area (Å²) in [4.78, 5) is 110. The molecule has 2 fully saturated rings. The number of carbonyl (C=O) groups excluding carboxylic acids is 6. The van der Waals surface area contributed by atoms with Crippen LogP contribution in [0.15, 0.2) is 84.9 Å². The maximum Gasteiger partial charge on any atom is 0.410 e. The van der Waals surface area contributed by atoms with Crippen LogP contribution in [0.4, 0.5) is 25.4 Å². The van der Waals surface area contributed by atoms with Gasteiger partial charge in [0.25, 0.3) is 0 Å². The molecule has 7 amide bonds. The number of anilines is 2. The molecule has 20 heteroatoms. The second-order valence-corrected chi connectivity index (χ2v) is 26.6. The standard InChI is InChI=1S/C66H86FN9O10/c1-40-33-73(50(36-74(40)62(82)83)35-72-27-28-85-38-41(72)2)37-56(77)76-39-66(10,52-26-21-44(30-54(52)76)29-43-19-23-48(67)24-20-43)61(81)68-49-25-22-46-32-55(59(79)69-53-18-14-16-45-15-12-13-17-51(45)53)75(34-47(46)31-49)60(80)57(64(4,5)6)70-58(78)42(3)71(11)63(84)86-65(7,8)9/h12-13,15,17,19-26,30-31,40-42,50,53,55,57H,14,16,18,27-29,32-39H2,1-11H3,(H,68,81)(H,69,79)(H,70,78)(H,82,83)/t40?,41?,42?,50?,53-,55?,57?,66?/m1/s1. The van der Waals surface area contributed by atoms with Crippen LogP contribution in [0.3, 0.4) is 0 Å². The van der Waals surface area contributed by atoms with E-state index in [0.29, 0.717) is 61.8 Å². The zero-order chi connectivity index (χ0) is 62.2. The molecule has 4 heterocycles. The van der Waals surface area contributed by atoms with Crippen LogP contribution in [0, 0.1) is 11.2 Å². The van der Waals surface area contributed by atoms with E-state index < -0.39 is 64.5 Å². The predicted molar refractivity (Wildman–Crippen MR) is 325 cm³/mol. The van der Waals surface area contributed by atoms with E-state index in [9.17, 15) is 28.7 Å². The maximum absolute atomic E-state index is 15.4. The number of hydrogen-bond acceptors (Lipinski definition) is 11. The van der Waals surface area contributed by atoms with E-state index >= 15 is 14.4 Å². The molecule has 4 aromatic rings. The summed E-state index contributed by atoms with van der Waals surface area (Å²) in [6.07, 6.45) is 1.34. The van der Waals surface area contributed by atoms with E-state index in [1.807, 2.05) is 83.1 Å². The smallest absolute Gasteiger partial charge is 0.410 e. The first kappa shape index (κ1) is 63.1. The monoisotopic (exact) mass is 1180 g/mol. The Morgan fingerprint density at radius 1 is 0.860 bits per heavy atom. The summed E-state index contributed by atoms with van der Waals surface area (Å²) in [5.41, 5.74) is 4.01. The van der Waals surface area contributed by atoms with Crippen molar-refractivity contribution in [3.05, 3.63) is 130 Å². The molecule has 0 saturated carbocycles. The third kappa shape index (κ3) is 14.0. The van der Waals surface area contributed by atoms with Crippen LogP contribution in [0.1, 0.15) is 127 Å². The van der Waals surface area contributed by atoms with E-state index in [-0.39, 0.29) is 74.4 Å². The lowest BCUT2D eigenvalue weighted by Crippen LogP contribution is -2.64. The Morgan fingerprint density at radius 3 is 2.28 bits per heavy atom. The quantitative estimate of drug-likeness (QED) is 0.0958. The average Bonchev–Trinajstić information content (AvgIpc) is 2.67. The molecule has 7 unspecified atom stereocenters. The largest absolute Gasteiger partial charge is 0.465 e. The molecule has 0 aromatic heterocycles. The van der Waals surface area contributed by atoms with E-state index in [1.54, 1.807) is 50.8 Å². The summed E-state index contributed by atoms with van der Waals surface area (Å²) >= 11 is 0. The first-order chi connectivity index (χ1) is 40.6. The summed E-state index contributed by atoms with van der Waals surface area (Å²) in [5.74, 6) is -2.43. The van der Waals surface area contributed by atoms with E-state index in [1.165, 1.54) is 33.9 Å². The third-order valence-corrected chi connectivity index (χ3v) is 17.9. The Hall–Kier alpha value is -7.42. The highest BCUT2D eigenvalue weighted by molar-refractivity contribution is 6.07. The van der Waals surface area contributed by atoms with Crippen LogP contribution in [0.2, 0.25) is 0 Å². The molecular formula is C66H86FN9O10. The van der Waals surface area contributed by atoms with Gasteiger partial charge in [0.15, 0.2) is 0 Å². The van der Waals surface area contributed by atoms with Crippen molar-refractivity contribution < 1.29 is 52.5 Å². The molecule has 86 heavy (non-hydrogen) atoms. The molecule has 462 valence electrons. The SMILES string of the molecule is CC1COCCN1CC1CN(C(=O)O)C(C)CN1CC(=O)N1CC(C)(C(=O)Nc2ccc3c(c2)CN(C(=O)C(NC(=O)C(C)N(C)C(=O)OC(C)(C)C)C(C)(C)C)C(C(=O)N[C@@H]2CCCc4ccccc42)C3)c2ccc(Cc3ccc(F)cc3)cc21. The number of aryl methyl sites for hydroxylation is 1. The highest BCUT2D eigenvalue weighted by Gasteiger charge is 2.49. The Morgan fingerprint density at radius 2 is 1.58 bits per heavy atom. The normalized spacial score (nSPS) is 23.2. The number of carboxylic acid groups (broad SMARTS) is 1. The minimum atomic E-state index is -1.29. The summed E-state index contributed by atoms with van der Waals surface area (Å²) < 4.78 is 25.3. The summed E-state index contributed by atoms with van der Waals surface area (Å²) in [5, 5.41) is 19.6. The summed E-state index contributed by atoms with van der Waals surface area (Å²) in [7, 11) is 1.46. The molecule has 19 nitrogen and oxygen atoms in total. The van der Waals surface area contributed by atoms with Crippen LogP contribution >= 0.6 is 0 Å². The van der Waals surface area contributed by atoms with Crippen molar-refractivity contribution >= 4 is 53.1 Å². The third-order valence-electron chi connectivity index (χ3n) is 17.9. The molecule has 4 aromatic carbocycles. The lowest BCUT2D eigenvalue weighted by molar-refractivity contribution is -0.147. The van der Waals surface area contributed by atoms with Gasteiger partial charge in [-0.2, -0.15) is 0 Å². The zero-order valence-corrected chi connectivity index (χ0v) is 51.7.